The number of nitrogens with two attached hydrogens (primary N) is 1. The second kappa shape index (κ2) is 6.42. The molecule has 0 spiro atoms. The third-order valence-corrected chi connectivity index (χ3v) is 4.70. The highest BCUT2D eigenvalue weighted by Gasteiger charge is 2.34. The predicted molar refractivity (Wildman–Crippen MR) is 77.4 cm³/mol. The Balaban J connectivity index is 2.32. The molecule has 0 saturated heterocycles. The predicted octanol–water partition coefficient (Wildman–Crippen LogP) is 2.78. The molecule has 1 aromatic heterocycles. The van der Waals surface area contributed by atoms with Crippen LogP contribution >= 0.6 is 0 Å². The van der Waals surface area contributed by atoms with Gasteiger partial charge in [0.1, 0.15) is 0 Å². The minimum Gasteiger partial charge on any atom is -0.493 e. The molecular formula is C15H27N3O. The number of hydrogen-bond acceptors (Lipinski definition) is 3. The average molecular weight is 265 g/mol. The van der Waals surface area contributed by atoms with Crippen LogP contribution in [0.3, 0.4) is 0 Å². The van der Waals surface area contributed by atoms with Gasteiger partial charge in [0.2, 0.25) is 0 Å². The Morgan fingerprint density at radius 1 is 1.42 bits per heavy atom. The third kappa shape index (κ3) is 2.78. The quantitative estimate of drug-likeness (QED) is 0.890. The van der Waals surface area contributed by atoms with Crippen LogP contribution in [-0.2, 0) is 6.54 Å². The van der Waals surface area contributed by atoms with Crippen molar-refractivity contribution < 1.29 is 4.74 Å². The maximum absolute atomic E-state index is 6.00. The van der Waals surface area contributed by atoms with Gasteiger partial charge in [-0.15, -0.1) is 0 Å². The summed E-state index contributed by atoms with van der Waals surface area (Å²) in [6.45, 7) is 6.08. The zero-order valence-corrected chi connectivity index (χ0v) is 12.4. The lowest BCUT2D eigenvalue weighted by Crippen LogP contribution is -2.30. The van der Waals surface area contributed by atoms with Crippen LogP contribution in [0.15, 0.2) is 6.20 Å². The number of hydrogen-bond donors (Lipinski definition) is 1. The molecule has 1 aromatic rings. The number of rotatable bonds is 5. The first kappa shape index (κ1) is 14.4. The van der Waals surface area contributed by atoms with Crippen LogP contribution in [0.5, 0.6) is 5.75 Å². The highest BCUT2D eigenvalue weighted by molar-refractivity contribution is 5.30. The summed E-state index contributed by atoms with van der Waals surface area (Å²) in [7, 11) is 1.73. The van der Waals surface area contributed by atoms with Gasteiger partial charge >= 0.3 is 0 Å². The number of nitrogens with zero attached hydrogens (tertiary/aromatic N) is 2. The Bertz CT molecular complexity index is 381. The number of aromatic nitrogens is 2. The van der Waals surface area contributed by atoms with Gasteiger partial charge in [0, 0.05) is 12.5 Å². The van der Waals surface area contributed by atoms with Crippen LogP contribution in [0.25, 0.3) is 0 Å². The van der Waals surface area contributed by atoms with Crippen molar-refractivity contribution in [2.75, 3.05) is 13.7 Å². The van der Waals surface area contributed by atoms with E-state index in [2.05, 4.69) is 23.6 Å². The van der Waals surface area contributed by atoms with Crippen LogP contribution in [0.2, 0.25) is 0 Å². The minimum absolute atomic E-state index is 0.501. The van der Waals surface area contributed by atoms with E-state index in [0.29, 0.717) is 11.8 Å². The monoisotopic (exact) mass is 265 g/mol. The molecule has 2 rings (SSSR count). The first-order valence-corrected chi connectivity index (χ1v) is 7.54. The largest absolute Gasteiger partial charge is 0.493 e. The van der Waals surface area contributed by atoms with E-state index in [0.717, 1.165) is 24.8 Å². The number of ether oxygens (including phenoxy) is 1. The van der Waals surface area contributed by atoms with Gasteiger partial charge in [-0.2, -0.15) is 5.10 Å². The highest BCUT2D eigenvalue weighted by atomic mass is 16.5. The maximum Gasteiger partial charge on any atom is 0.160 e. The summed E-state index contributed by atoms with van der Waals surface area (Å²) in [4.78, 5) is 0. The lowest BCUT2D eigenvalue weighted by Gasteiger charge is -2.35. The third-order valence-electron chi connectivity index (χ3n) is 4.70. The molecule has 0 radical (unpaired) electrons. The van der Waals surface area contributed by atoms with Crippen molar-refractivity contribution in [3.05, 3.63) is 11.9 Å². The van der Waals surface area contributed by atoms with E-state index in [1.807, 2.05) is 6.20 Å². The Hall–Kier alpha value is -1.03. The molecule has 1 heterocycles. The lowest BCUT2D eigenvalue weighted by molar-refractivity contribution is 0.223. The molecule has 0 aromatic carbocycles. The van der Waals surface area contributed by atoms with E-state index in [1.54, 1.807) is 7.11 Å². The van der Waals surface area contributed by atoms with E-state index in [-0.39, 0.29) is 0 Å². The van der Waals surface area contributed by atoms with Crippen LogP contribution < -0.4 is 10.5 Å². The molecule has 3 atom stereocenters. The van der Waals surface area contributed by atoms with Crippen LogP contribution in [0.4, 0.5) is 0 Å². The molecule has 1 fully saturated rings. The van der Waals surface area contributed by atoms with Gasteiger partial charge in [-0.25, -0.2) is 0 Å². The zero-order chi connectivity index (χ0) is 13.8. The second-order valence-electron chi connectivity index (χ2n) is 5.60. The highest BCUT2D eigenvalue weighted by Crippen LogP contribution is 2.44. The first-order chi connectivity index (χ1) is 9.24. The molecule has 108 valence electrons. The van der Waals surface area contributed by atoms with Gasteiger partial charge in [0.25, 0.3) is 0 Å². The molecule has 0 aliphatic heterocycles. The molecule has 4 nitrogen and oxygen atoms in total. The molecule has 19 heavy (non-hydrogen) atoms. The van der Waals surface area contributed by atoms with Gasteiger partial charge in [-0.1, -0.05) is 19.8 Å². The summed E-state index contributed by atoms with van der Waals surface area (Å²) in [6, 6.07) is 0. The van der Waals surface area contributed by atoms with E-state index in [4.69, 9.17) is 10.5 Å². The Morgan fingerprint density at radius 3 is 2.79 bits per heavy atom. The molecule has 2 N–H and O–H groups in total. The summed E-state index contributed by atoms with van der Waals surface area (Å²) in [5.41, 5.74) is 7.26. The molecular weight excluding hydrogens is 238 g/mol. The standard InChI is InChI=1S/C15H27N3O/c1-4-11-6-7-12(9-16)13(8-11)15-14(19-3)10-17-18(15)5-2/h10-13H,4-9,16H2,1-3H3. The van der Waals surface area contributed by atoms with Gasteiger partial charge in [0.05, 0.1) is 19.0 Å². The Kier molecular flexibility index (Phi) is 4.86. The maximum atomic E-state index is 6.00. The van der Waals surface area contributed by atoms with Crippen molar-refractivity contribution in [3.8, 4) is 5.75 Å². The average Bonchev–Trinajstić information content (AvgIpc) is 2.89. The van der Waals surface area contributed by atoms with Crippen molar-refractivity contribution in [1.82, 2.24) is 9.78 Å². The van der Waals surface area contributed by atoms with Crippen LogP contribution in [-0.4, -0.2) is 23.4 Å². The van der Waals surface area contributed by atoms with E-state index >= 15 is 0 Å². The van der Waals surface area contributed by atoms with Gasteiger partial charge in [-0.3, -0.25) is 4.68 Å². The van der Waals surface area contributed by atoms with Gasteiger partial charge < -0.3 is 10.5 Å². The second-order valence-corrected chi connectivity index (χ2v) is 5.60. The van der Waals surface area contributed by atoms with Crippen LogP contribution in [0, 0.1) is 11.8 Å². The lowest BCUT2D eigenvalue weighted by atomic mass is 9.71. The van der Waals surface area contributed by atoms with Crippen molar-refractivity contribution in [1.29, 1.82) is 0 Å². The topological polar surface area (TPSA) is 53.1 Å². The van der Waals surface area contributed by atoms with E-state index < -0.39 is 0 Å². The number of aryl methyl sites for hydroxylation is 1. The number of methoxy groups -OCH3 is 1. The molecule has 3 unspecified atom stereocenters. The van der Waals surface area contributed by atoms with Gasteiger partial charge in [0.15, 0.2) is 5.75 Å². The fourth-order valence-electron chi connectivity index (χ4n) is 3.47. The molecule has 4 heteroatoms. The smallest absolute Gasteiger partial charge is 0.160 e. The van der Waals surface area contributed by atoms with Crippen LogP contribution in [0.1, 0.15) is 51.1 Å². The summed E-state index contributed by atoms with van der Waals surface area (Å²) in [5.74, 6) is 2.82. The molecule has 1 aliphatic carbocycles. The summed E-state index contributed by atoms with van der Waals surface area (Å²) in [6.07, 6.45) is 6.88. The minimum atomic E-state index is 0.501. The first-order valence-electron chi connectivity index (χ1n) is 7.54. The van der Waals surface area contributed by atoms with E-state index in [1.165, 1.54) is 31.4 Å². The van der Waals surface area contributed by atoms with Gasteiger partial charge in [-0.05, 0) is 38.1 Å². The van der Waals surface area contributed by atoms with Crippen molar-refractivity contribution in [2.45, 2.75) is 52.0 Å². The molecule has 0 amide bonds. The fraction of sp³-hybridized carbons (Fsp3) is 0.800. The van der Waals surface area contributed by atoms with Crippen molar-refractivity contribution in [3.63, 3.8) is 0 Å². The fourth-order valence-corrected chi connectivity index (χ4v) is 3.47. The zero-order valence-electron chi connectivity index (χ0n) is 12.4. The summed E-state index contributed by atoms with van der Waals surface area (Å²) < 4.78 is 7.61. The molecule has 1 saturated carbocycles. The van der Waals surface area contributed by atoms with E-state index in [9.17, 15) is 0 Å². The summed E-state index contributed by atoms with van der Waals surface area (Å²) >= 11 is 0. The summed E-state index contributed by atoms with van der Waals surface area (Å²) in [5, 5.41) is 4.45. The SMILES string of the molecule is CCC1CCC(CN)C(c2c(OC)cnn2CC)C1. The Labute approximate surface area is 116 Å². The molecule has 1 aliphatic rings. The van der Waals surface area contributed by atoms with Crippen molar-refractivity contribution >= 4 is 0 Å². The van der Waals surface area contributed by atoms with Crippen molar-refractivity contribution in [2.24, 2.45) is 17.6 Å². The normalized spacial score (nSPS) is 27.5. The Morgan fingerprint density at radius 2 is 2.21 bits per heavy atom. The molecule has 0 bridgehead atoms.